The number of fused-ring (bicyclic) bond motifs is 3. The van der Waals surface area contributed by atoms with Gasteiger partial charge in [0, 0.05) is 54.1 Å². The number of hydrogen-bond donors (Lipinski definition) is 2. The molecule has 2 aromatic rings. The highest BCUT2D eigenvalue weighted by molar-refractivity contribution is 5.94. The number of para-hydroxylation sites is 1. The zero-order valence-corrected chi connectivity index (χ0v) is 20.6. The topological polar surface area (TPSA) is 74.3 Å². The summed E-state index contributed by atoms with van der Waals surface area (Å²) in [7, 11) is 0. The first kappa shape index (κ1) is 23.0. The lowest BCUT2D eigenvalue weighted by Gasteiger charge is -2.44. The Morgan fingerprint density at radius 2 is 1.83 bits per heavy atom. The number of nitrogens with zero attached hydrogens (tertiary/aromatic N) is 2. The van der Waals surface area contributed by atoms with E-state index < -0.39 is 0 Å². The molecular weight excluding hydrogens is 448 g/mol. The van der Waals surface area contributed by atoms with Crippen molar-refractivity contribution < 1.29 is 9.59 Å². The predicted octanol–water partition coefficient (Wildman–Crippen LogP) is 4.89. The van der Waals surface area contributed by atoms with Crippen molar-refractivity contribution in [3.63, 3.8) is 0 Å². The van der Waals surface area contributed by atoms with Crippen LogP contribution in [0.3, 0.4) is 0 Å². The molecule has 1 saturated heterocycles. The first-order valence-corrected chi connectivity index (χ1v) is 13.4. The van der Waals surface area contributed by atoms with Gasteiger partial charge < -0.3 is 15.5 Å². The molecule has 6 heteroatoms. The van der Waals surface area contributed by atoms with Crippen molar-refractivity contribution in [1.29, 1.82) is 0 Å². The van der Waals surface area contributed by atoms with Crippen molar-refractivity contribution >= 4 is 17.5 Å². The summed E-state index contributed by atoms with van der Waals surface area (Å²) in [5.41, 5.74) is 2.97. The number of nitrogens with one attached hydrogen (secondary N) is 2. The molecule has 36 heavy (non-hydrogen) atoms. The van der Waals surface area contributed by atoms with Gasteiger partial charge in [0.05, 0.1) is 12.0 Å². The number of anilines is 1. The van der Waals surface area contributed by atoms with E-state index >= 15 is 0 Å². The molecule has 6 rings (SSSR count). The van der Waals surface area contributed by atoms with E-state index in [0.717, 1.165) is 50.8 Å². The summed E-state index contributed by atoms with van der Waals surface area (Å²) in [6.45, 7) is 0.772. The number of benzene rings is 1. The monoisotopic (exact) mass is 482 g/mol. The molecule has 1 aromatic heterocycles. The van der Waals surface area contributed by atoms with Gasteiger partial charge in [-0.2, -0.15) is 0 Å². The van der Waals surface area contributed by atoms with E-state index in [4.69, 9.17) is 0 Å². The van der Waals surface area contributed by atoms with Crippen molar-refractivity contribution in [3.8, 4) is 0 Å². The van der Waals surface area contributed by atoms with E-state index in [2.05, 4.69) is 69.1 Å². The van der Waals surface area contributed by atoms with Gasteiger partial charge in [-0.25, -0.2) is 0 Å². The number of hydrogen-bond acceptors (Lipinski definition) is 4. The predicted molar refractivity (Wildman–Crippen MR) is 140 cm³/mol. The van der Waals surface area contributed by atoms with Crippen LogP contribution >= 0.6 is 0 Å². The van der Waals surface area contributed by atoms with Gasteiger partial charge in [-0.15, -0.1) is 0 Å². The Morgan fingerprint density at radius 1 is 1.00 bits per heavy atom. The molecule has 2 aliphatic carbocycles. The Labute approximate surface area is 212 Å². The first-order valence-electron chi connectivity index (χ1n) is 13.4. The number of aromatic nitrogens is 1. The largest absolute Gasteiger partial charge is 0.381 e. The fraction of sp³-hybridized carbons (Fsp3) is 0.433. The number of carbonyl (C=O) groups excluding carboxylic acids is 2. The van der Waals surface area contributed by atoms with Crippen molar-refractivity contribution in [2.75, 3.05) is 11.9 Å². The Bertz CT molecular complexity index is 1180. The molecule has 186 valence electrons. The maximum absolute atomic E-state index is 14.2. The van der Waals surface area contributed by atoms with E-state index in [0.29, 0.717) is 23.4 Å². The van der Waals surface area contributed by atoms with Gasteiger partial charge in [0.2, 0.25) is 5.91 Å². The molecule has 6 nitrogen and oxygen atoms in total. The van der Waals surface area contributed by atoms with Gasteiger partial charge in [0.15, 0.2) is 0 Å². The summed E-state index contributed by atoms with van der Waals surface area (Å²) < 4.78 is 0. The zero-order chi connectivity index (χ0) is 24.5. The molecule has 2 N–H and O–H groups in total. The third kappa shape index (κ3) is 4.23. The van der Waals surface area contributed by atoms with Crippen LogP contribution in [-0.4, -0.2) is 40.3 Å². The standard InChI is InChI=1S/C30H34N4O2/c35-29(21-14-17-31-18-15-21)33-26-13-7-5-11-23(26)30(36)34-19-16-24-27(20-8-2-1-3-9-20)32-25-12-6-4-10-22(25)28(24)34/h1-4,6,8,10,12,14-15,17-18,20,23-24,26-28,32H,5,7,9,11,13,16,19H2,(H,33,35)/t20?,23-,24+,26+,27-,28-/m0/s1. The average Bonchev–Trinajstić information content (AvgIpc) is 3.39. The van der Waals surface area contributed by atoms with Crippen LogP contribution in [0, 0.1) is 17.8 Å². The Kier molecular flexibility index (Phi) is 6.34. The molecular formula is C30H34N4O2. The van der Waals surface area contributed by atoms with Crippen LogP contribution in [0.4, 0.5) is 5.69 Å². The molecule has 6 atom stereocenters. The SMILES string of the molecule is O=C(N[C@@H]1CCCC[C@@H]1C(=O)N1CC[C@@H]2[C@H](C3C=CC=CC3)Nc3ccccc3[C@@H]21)c1ccncc1. The number of pyridine rings is 1. The highest BCUT2D eigenvalue weighted by Crippen LogP contribution is 2.49. The third-order valence-electron chi connectivity index (χ3n) is 8.61. The lowest BCUT2D eigenvalue weighted by molar-refractivity contribution is -0.139. The second kappa shape index (κ2) is 9.92. The normalized spacial score (nSPS) is 30.7. The van der Waals surface area contributed by atoms with E-state index in [-0.39, 0.29) is 29.8 Å². The minimum Gasteiger partial charge on any atom is -0.381 e. The maximum Gasteiger partial charge on any atom is 0.251 e. The van der Waals surface area contributed by atoms with Crippen LogP contribution in [0.25, 0.3) is 0 Å². The van der Waals surface area contributed by atoms with E-state index in [1.807, 2.05) is 0 Å². The molecule has 0 spiro atoms. The molecule has 4 aliphatic rings. The summed E-state index contributed by atoms with van der Waals surface area (Å²) in [6, 6.07) is 12.2. The second-order valence-electron chi connectivity index (χ2n) is 10.6. The molecule has 2 aliphatic heterocycles. The molecule has 1 saturated carbocycles. The summed E-state index contributed by atoms with van der Waals surface area (Å²) in [4.78, 5) is 33.3. The summed E-state index contributed by atoms with van der Waals surface area (Å²) in [6.07, 6.45) is 17.9. The second-order valence-corrected chi connectivity index (χ2v) is 10.6. The lowest BCUT2D eigenvalue weighted by atomic mass is 9.75. The minimum absolute atomic E-state index is 0.0812. The molecule has 0 radical (unpaired) electrons. The van der Waals surface area contributed by atoms with Crippen LogP contribution in [0.2, 0.25) is 0 Å². The van der Waals surface area contributed by atoms with Crippen molar-refractivity contribution in [2.24, 2.45) is 17.8 Å². The van der Waals surface area contributed by atoms with Crippen LogP contribution in [0.15, 0.2) is 73.1 Å². The van der Waals surface area contributed by atoms with Gasteiger partial charge >= 0.3 is 0 Å². The van der Waals surface area contributed by atoms with Crippen LogP contribution in [0.5, 0.6) is 0 Å². The number of likely N-dealkylation sites (tertiary alicyclic amines) is 1. The summed E-state index contributed by atoms with van der Waals surface area (Å²) in [5, 5.41) is 7.04. The minimum atomic E-state index is -0.179. The smallest absolute Gasteiger partial charge is 0.251 e. The van der Waals surface area contributed by atoms with Crippen molar-refractivity contribution in [2.45, 2.75) is 56.7 Å². The molecule has 0 bridgehead atoms. The number of allylic oxidation sites excluding steroid dienone is 3. The quantitative estimate of drug-likeness (QED) is 0.651. The van der Waals surface area contributed by atoms with Crippen LogP contribution in [-0.2, 0) is 4.79 Å². The van der Waals surface area contributed by atoms with E-state index in [1.165, 1.54) is 5.56 Å². The zero-order valence-electron chi connectivity index (χ0n) is 20.6. The molecule has 1 unspecified atom stereocenters. The van der Waals surface area contributed by atoms with Crippen molar-refractivity contribution in [1.82, 2.24) is 15.2 Å². The molecule has 3 heterocycles. The summed E-state index contributed by atoms with van der Waals surface area (Å²) >= 11 is 0. The maximum atomic E-state index is 14.2. The van der Waals surface area contributed by atoms with Crippen molar-refractivity contribution in [3.05, 3.63) is 84.2 Å². The Morgan fingerprint density at radius 3 is 2.67 bits per heavy atom. The van der Waals surface area contributed by atoms with Crippen LogP contribution in [0.1, 0.15) is 60.5 Å². The van der Waals surface area contributed by atoms with Crippen LogP contribution < -0.4 is 10.6 Å². The molecule has 2 amide bonds. The summed E-state index contributed by atoms with van der Waals surface area (Å²) in [5.74, 6) is 0.704. The Balaban J connectivity index is 1.26. The van der Waals surface area contributed by atoms with E-state index in [9.17, 15) is 9.59 Å². The first-order chi connectivity index (χ1) is 17.7. The number of amides is 2. The number of rotatable bonds is 4. The molecule has 1 aromatic carbocycles. The fourth-order valence-corrected chi connectivity index (χ4v) is 6.87. The highest BCUT2D eigenvalue weighted by Gasteiger charge is 2.49. The fourth-order valence-electron chi connectivity index (χ4n) is 6.87. The van der Waals surface area contributed by atoms with Gasteiger partial charge in [-0.3, -0.25) is 14.6 Å². The van der Waals surface area contributed by atoms with Gasteiger partial charge in [0.25, 0.3) is 5.91 Å². The Hall–Kier alpha value is -3.41. The third-order valence-corrected chi connectivity index (χ3v) is 8.61. The molecule has 2 fully saturated rings. The van der Waals surface area contributed by atoms with Gasteiger partial charge in [0.1, 0.15) is 0 Å². The average molecular weight is 483 g/mol. The van der Waals surface area contributed by atoms with Gasteiger partial charge in [-0.1, -0.05) is 55.3 Å². The van der Waals surface area contributed by atoms with Gasteiger partial charge in [-0.05, 0) is 49.4 Å². The van der Waals surface area contributed by atoms with E-state index in [1.54, 1.807) is 24.5 Å². The highest BCUT2D eigenvalue weighted by atomic mass is 16.2. The lowest BCUT2D eigenvalue weighted by Crippen LogP contribution is -2.51. The number of carbonyl (C=O) groups is 2.